The minimum Gasteiger partial charge on any atom is -0.476 e. The van der Waals surface area contributed by atoms with E-state index in [1.807, 2.05) is 0 Å². The molecule has 2 heterocycles. The third-order valence-corrected chi connectivity index (χ3v) is 3.93. The third kappa shape index (κ3) is 6.27. The highest BCUT2D eigenvalue weighted by molar-refractivity contribution is 6.30. The molecule has 0 atom stereocenters. The Morgan fingerprint density at radius 3 is 2.78 bits per heavy atom. The summed E-state index contributed by atoms with van der Waals surface area (Å²) in [6.07, 6.45) is 0.387. The van der Waals surface area contributed by atoms with Gasteiger partial charge in [-0.2, -0.15) is 0 Å². The first-order chi connectivity index (χ1) is 11.0. The summed E-state index contributed by atoms with van der Waals surface area (Å²) in [5.41, 5.74) is 0. The maximum atomic E-state index is 12.3. The number of rotatable bonds is 7. The van der Waals surface area contributed by atoms with Crippen LogP contribution in [0.2, 0.25) is 5.02 Å². The van der Waals surface area contributed by atoms with Crippen molar-refractivity contribution in [1.29, 1.82) is 0 Å². The van der Waals surface area contributed by atoms with E-state index in [0.717, 1.165) is 0 Å². The van der Waals surface area contributed by atoms with Crippen molar-refractivity contribution in [1.82, 2.24) is 15.2 Å². The Morgan fingerprint density at radius 2 is 2.17 bits per heavy atom. The van der Waals surface area contributed by atoms with E-state index in [1.54, 1.807) is 17.0 Å². The molecule has 0 unspecified atom stereocenters. The lowest BCUT2D eigenvalue weighted by atomic mass is 9.96. The average molecular weight is 348 g/mol. The Morgan fingerprint density at radius 1 is 1.43 bits per heavy atom. The molecule has 5 nitrogen and oxygen atoms in total. The van der Waals surface area contributed by atoms with Crippen LogP contribution < -0.4 is 10.1 Å². The van der Waals surface area contributed by atoms with Gasteiger partial charge in [-0.1, -0.05) is 11.6 Å². The van der Waals surface area contributed by atoms with Crippen molar-refractivity contribution >= 4 is 17.5 Å². The smallest absolute Gasteiger partial charge is 0.251 e. The van der Waals surface area contributed by atoms with E-state index in [1.165, 1.54) is 6.20 Å². The lowest BCUT2D eigenvalue weighted by Crippen LogP contribution is -2.42. The van der Waals surface area contributed by atoms with Crippen molar-refractivity contribution in [3.63, 3.8) is 0 Å². The molecule has 1 saturated heterocycles. The average Bonchev–Trinajstić information content (AvgIpc) is 2.53. The Balaban J connectivity index is 1.61. The first-order valence-corrected chi connectivity index (χ1v) is 7.95. The molecule has 1 aromatic heterocycles. The Kier molecular flexibility index (Phi) is 6.98. The van der Waals surface area contributed by atoms with Crippen LogP contribution in [0.5, 0.6) is 5.88 Å². The number of hydrogen-bond acceptors (Lipinski definition) is 4. The van der Waals surface area contributed by atoms with Crippen LogP contribution >= 0.6 is 11.6 Å². The van der Waals surface area contributed by atoms with Gasteiger partial charge < -0.3 is 10.1 Å². The number of likely N-dealkylation sites (tertiary alicyclic amines) is 1. The second-order valence-corrected chi connectivity index (χ2v) is 5.86. The predicted molar refractivity (Wildman–Crippen MR) is 82.9 cm³/mol. The minimum atomic E-state index is -2.32. The van der Waals surface area contributed by atoms with Crippen LogP contribution in [0.4, 0.5) is 8.78 Å². The van der Waals surface area contributed by atoms with Gasteiger partial charge in [-0.25, -0.2) is 13.8 Å². The molecular weight excluding hydrogens is 328 g/mol. The number of pyridine rings is 1. The first kappa shape index (κ1) is 17.9. The summed E-state index contributed by atoms with van der Waals surface area (Å²) in [5.74, 6) is 0.288. The first-order valence-electron chi connectivity index (χ1n) is 7.57. The summed E-state index contributed by atoms with van der Waals surface area (Å²) in [7, 11) is 0. The van der Waals surface area contributed by atoms with Gasteiger partial charge in [0.1, 0.15) is 6.61 Å². The number of halogens is 3. The minimum absolute atomic E-state index is 0.0469. The molecule has 1 N–H and O–H groups in total. The summed E-state index contributed by atoms with van der Waals surface area (Å²) in [6.45, 7) is 1.54. The number of amides is 1. The number of carbonyl (C=O) groups excluding carboxylic acids is 1. The van der Waals surface area contributed by atoms with E-state index in [9.17, 15) is 13.6 Å². The van der Waals surface area contributed by atoms with Crippen molar-refractivity contribution in [3.05, 3.63) is 23.4 Å². The fourth-order valence-electron chi connectivity index (χ4n) is 2.49. The molecule has 0 aromatic carbocycles. The molecule has 8 heteroatoms. The number of alkyl halides is 2. The van der Waals surface area contributed by atoms with Crippen LogP contribution in [0.25, 0.3) is 0 Å². The molecule has 0 aliphatic carbocycles. The molecule has 1 aliphatic rings. The number of piperidine rings is 1. The molecule has 2 rings (SSSR count). The van der Waals surface area contributed by atoms with Gasteiger partial charge in [0, 0.05) is 18.2 Å². The monoisotopic (exact) mass is 347 g/mol. The maximum Gasteiger partial charge on any atom is 0.251 e. The highest BCUT2D eigenvalue weighted by Gasteiger charge is 2.25. The van der Waals surface area contributed by atoms with Gasteiger partial charge >= 0.3 is 0 Å². The summed E-state index contributed by atoms with van der Waals surface area (Å²) in [5, 5.41) is 3.34. The number of nitrogens with one attached hydrogen (secondary N) is 1. The molecule has 128 valence electrons. The number of aromatic nitrogens is 1. The normalized spacial score (nSPS) is 16.5. The van der Waals surface area contributed by atoms with Crippen LogP contribution in [0.1, 0.15) is 12.8 Å². The van der Waals surface area contributed by atoms with Crippen molar-refractivity contribution < 1.29 is 18.3 Å². The van der Waals surface area contributed by atoms with Crippen molar-refractivity contribution in [2.24, 2.45) is 5.92 Å². The van der Waals surface area contributed by atoms with E-state index in [0.29, 0.717) is 50.0 Å². The Labute approximate surface area is 139 Å². The quantitative estimate of drug-likeness (QED) is 0.768. The third-order valence-electron chi connectivity index (χ3n) is 3.71. The highest BCUT2D eigenvalue weighted by atomic mass is 35.5. The van der Waals surface area contributed by atoms with Gasteiger partial charge in [-0.3, -0.25) is 9.69 Å². The van der Waals surface area contributed by atoms with Gasteiger partial charge in [-0.15, -0.1) is 0 Å². The topological polar surface area (TPSA) is 54.5 Å². The number of carbonyl (C=O) groups is 1. The Hall–Kier alpha value is -1.47. The second kappa shape index (κ2) is 8.98. The SMILES string of the molecule is O=C(NCCOc1ccc(Cl)cn1)C1CCN(CC(F)F)CC1. The van der Waals surface area contributed by atoms with E-state index >= 15 is 0 Å². The van der Waals surface area contributed by atoms with E-state index < -0.39 is 6.43 Å². The standard InChI is InChI=1S/C15H20ClF2N3O2/c16-12-1-2-14(20-9-12)23-8-5-19-15(22)11-3-6-21(7-4-11)10-13(17)18/h1-2,9,11,13H,3-8,10H2,(H,19,22). The van der Waals surface area contributed by atoms with Crippen molar-refractivity contribution in [2.75, 3.05) is 32.8 Å². The molecule has 0 spiro atoms. The van der Waals surface area contributed by atoms with Crippen LogP contribution in [-0.2, 0) is 4.79 Å². The number of nitrogens with zero attached hydrogens (tertiary/aromatic N) is 2. The predicted octanol–water partition coefficient (Wildman–Crippen LogP) is 2.21. The van der Waals surface area contributed by atoms with Crippen LogP contribution in [-0.4, -0.2) is 55.0 Å². The van der Waals surface area contributed by atoms with Crippen LogP contribution in [0.3, 0.4) is 0 Å². The molecule has 0 bridgehead atoms. The molecule has 1 aliphatic heterocycles. The zero-order valence-electron chi connectivity index (χ0n) is 12.7. The van der Waals surface area contributed by atoms with Crippen molar-refractivity contribution in [3.8, 4) is 5.88 Å². The zero-order chi connectivity index (χ0) is 16.7. The summed E-state index contributed by atoms with van der Waals surface area (Å²) in [4.78, 5) is 17.7. The van der Waals surface area contributed by atoms with Gasteiger partial charge in [0.05, 0.1) is 18.1 Å². The van der Waals surface area contributed by atoms with E-state index in [-0.39, 0.29) is 18.4 Å². The second-order valence-electron chi connectivity index (χ2n) is 5.42. The highest BCUT2D eigenvalue weighted by Crippen LogP contribution is 2.18. The molecule has 23 heavy (non-hydrogen) atoms. The van der Waals surface area contributed by atoms with Crippen LogP contribution in [0, 0.1) is 5.92 Å². The molecular formula is C15H20ClF2N3O2. The van der Waals surface area contributed by atoms with Crippen LogP contribution in [0.15, 0.2) is 18.3 Å². The van der Waals surface area contributed by atoms with Gasteiger partial charge in [0.2, 0.25) is 11.8 Å². The van der Waals surface area contributed by atoms with Gasteiger partial charge in [0.15, 0.2) is 0 Å². The molecule has 1 fully saturated rings. The molecule has 1 aromatic rings. The zero-order valence-corrected chi connectivity index (χ0v) is 13.4. The summed E-state index contributed by atoms with van der Waals surface area (Å²) >= 11 is 5.72. The van der Waals surface area contributed by atoms with Crippen molar-refractivity contribution in [2.45, 2.75) is 19.3 Å². The van der Waals surface area contributed by atoms with E-state index in [2.05, 4.69) is 10.3 Å². The maximum absolute atomic E-state index is 12.3. The molecule has 0 saturated carbocycles. The number of hydrogen-bond donors (Lipinski definition) is 1. The molecule has 1 amide bonds. The summed E-state index contributed by atoms with van der Waals surface area (Å²) in [6, 6.07) is 3.33. The fourth-order valence-corrected chi connectivity index (χ4v) is 2.61. The fraction of sp³-hybridized carbons (Fsp3) is 0.600. The van der Waals surface area contributed by atoms with E-state index in [4.69, 9.17) is 16.3 Å². The number of ether oxygens (including phenoxy) is 1. The van der Waals surface area contributed by atoms with Gasteiger partial charge in [-0.05, 0) is 32.0 Å². The lowest BCUT2D eigenvalue weighted by molar-refractivity contribution is -0.126. The Bertz CT molecular complexity index is 494. The van der Waals surface area contributed by atoms with Gasteiger partial charge in [0.25, 0.3) is 6.43 Å². The molecule has 0 radical (unpaired) electrons. The largest absolute Gasteiger partial charge is 0.476 e. The lowest BCUT2D eigenvalue weighted by Gasteiger charge is -2.30. The summed E-state index contributed by atoms with van der Waals surface area (Å²) < 4.78 is 30.0.